The number of hydrogen-bond acceptors (Lipinski definition) is 5. The predicted octanol–water partition coefficient (Wildman–Crippen LogP) is 4.31. The lowest BCUT2D eigenvalue weighted by molar-refractivity contribution is -0.121. The molecule has 7 heteroatoms. The van der Waals surface area contributed by atoms with Gasteiger partial charge in [-0.1, -0.05) is 47.5 Å². The number of para-hydroxylation sites is 1. The zero-order chi connectivity index (χ0) is 23.2. The summed E-state index contributed by atoms with van der Waals surface area (Å²) >= 11 is 0. The second kappa shape index (κ2) is 7.79. The van der Waals surface area contributed by atoms with Gasteiger partial charge in [-0.3, -0.25) is 4.79 Å². The van der Waals surface area contributed by atoms with Gasteiger partial charge in [0.15, 0.2) is 0 Å². The second-order valence-electron chi connectivity index (χ2n) is 9.30. The van der Waals surface area contributed by atoms with E-state index in [0.29, 0.717) is 16.8 Å². The predicted molar refractivity (Wildman–Crippen MR) is 121 cm³/mol. The van der Waals surface area contributed by atoms with Crippen LogP contribution in [0.2, 0.25) is 0 Å². The normalized spacial score (nSPS) is 18.8. The van der Waals surface area contributed by atoms with Crippen LogP contribution in [0.25, 0.3) is 0 Å². The van der Waals surface area contributed by atoms with Crippen LogP contribution in [-0.2, 0) is 24.8 Å². The molecule has 31 heavy (non-hydrogen) atoms. The summed E-state index contributed by atoms with van der Waals surface area (Å²) in [6.45, 7) is 9.06. The summed E-state index contributed by atoms with van der Waals surface area (Å²) in [5, 5.41) is 0. The Kier molecular flexibility index (Phi) is 5.78. The summed E-state index contributed by atoms with van der Waals surface area (Å²) in [5.41, 5.74) is 1.54. The Labute approximate surface area is 184 Å². The summed E-state index contributed by atoms with van der Waals surface area (Å²) in [7, 11) is -3.36. The van der Waals surface area contributed by atoms with Crippen molar-refractivity contribution in [2.24, 2.45) is 0 Å². The van der Waals surface area contributed by atoms with E-state index >= 15 is 0 Å². The highest BCUT2D eigenvalue weighted by Crippen LogP contribution is 2.49. The van der Waals surface area contributed by atoms with Crippen LogP contribution >= 0.6 is 0 Å². The van der Waals surface area contributed by atoms with Crippen LogP contribution in [0.5, 0.6) is 0 Å². The average molecular weight is 444 g/mol. The summed E-state index contributed by atoms with van der Waals surface area (Å²) in [6.07, 6.45) is 0.416. The van der Waals surface area contributed by atoms with Crippen molar-refractivity contribution >= 4 is 27.5 Å². The third kappa shape index (κ3) is 4.51. The molecule has 2 amide bonds. The van der Waals surface area contributed by atoms with Gasteiger partial charge in [0.05, 0.1) is 11.4 Å². The van der Waals surface area contributed by atoms with E-state index in [0.717, 1.165) is 22.3 Å². The Bertz CT molecular complexity index is 1130. The Hall–Kier alpha value is -2.67. The van der Waals surface area contributed by atoms with Crippen molar-refractivity contribution in [3.63, 3.8) is 0 Å². The Morgan fingerprint density at radius 3 is 2.19 bits per heavy atom. The van der Waals surface area contributed by atoms with E-state index < -0.39 is 32.9 Å². The fourth-order valence-corrected chi connectivity index (χ4v) is 4.84. The Morgan fingerprint density at radius 1 is 1.06 bits per heavy atom. The van der Waals surface area contributed by atoms with Gasteiger partial charge in [0.2, 0.25) is 0 Å². The van der Waals surface area contributed by atoms with E-state index in [-0.39, 0.29) is 12.2 Å². The first-order valence-electron chi connectivity index (χ1n) is 10.2. The highest BCUT2D eigenvalue weighted by Gasteiger charge is 2.55. The van der Waals surface area contributed by atoms with Crippen LogP contribution < -0.4 is 4.90 Å². The fourth-order valence-electron chi connectivity index (χ4n) is 4.16. The number of imide groups is 1. The third-order valence-electron chi connectivity index (χ3n) is 5.31. The number of benzene rings is 2. The molecule has 0 saturated carbocycles. The Balaban J connectivity index is 2.27. The van der Waals surface area contributed by atoms with Crippen molar-refractivity contribution in [1.29, 1.82) is 0 Å². The highest BCUT2D eigenvalue weighted by molar-refractivity contribution is 7.90. The second-order valence-corrected chi connectivity index (χ2v) is 11.6. The zero-order valence-corrected chi connectivity index (χ0v) is 19.7. The summed E-state index contributed by atoms with van der Waals surface area (Å²) in [6, 6.07) is 12.8. The van der Waals surface area contributed by atoms with E-state index in [9.17, 15) is 18.0 Å². The molecule has 1 aliphatic heterocycles. The molecule has 0 fully saturated rings. The Morgan fingerprint density at radius 2 is 1.65 bits per heavy atom. The lowest BCUT2D eigenvalue weighted by atomic mass is 9.72. The summed E-state index contributed by atoms with van der Waals surface area (Å²) in [4.78, 5) is 28.1. The quantitative estimate of drug-likeness (QED) is 0.704. The number of amides is 2. The number of hydrogen-bond donors (Lipinski definition) is 0. The third-order valence-corrected chi connectivity index (χ3v) is 6.26. The maximum atomic E-state index is 14.0. The van der Waals surface area contributed by atoms with Gasteiger partial charge in [0.1, 0.15) is 20.9 Å². The molecule has 0 aromatic heterocycles. The van der Waals surface area contributed by atoms with E-state index in [1.165, 1.54) is 0 Å². The average Bonchev–Trinajstić information content (AvgIpc) is 2.86. The first-order valence-corrected chi connectivity index (χ1v) is 12.2. The molecule has 0 saturated heterocycles. The van der Waals surface area contributed by atoms with Crippen molar-refractivity contribution in [1.82, 2.24) is 0 Å². The smallest absolute Gasteiger partial charge is 0.421 e. The van der Waals surface area contributed by atoms with Gasteiger partial charge < -0.3 is 4.74 Å². The number of anilines is 1. The van der Waals surface area contributed by atoms with Crippen molar-refractivity contribution in [3.8, 4) is 0 Å². The number of nitrogens with zero attached hydrogens (tertiary/aromatic N) is 1. The topological polar surface area (TPSA) is 80.8 Å². The molecule has 1 heterocycles. The maximum Gasteiger partial charge on any atom is 0.421 e. The van der Waals surface area contributed by atoms with Crippen LogP contribution in [0.15, 0.2) is 42.5 Å². The number of ether oxygens (including phenoxy) is 1. The van der Waals surface area contributed by atoms with E-state index in [4.69, 9.17) is 4.74 Å². The van der Waals surface area contributed by atoms with Crippen molar-refractivity contribution in [2.75, 3.05) is 16.9 Å². The van der Waals surface area contributed by atoms with Crippen LogP contribution in [-0.4, -0.2) is 38.0 Å². The van der Waals surface area contributed by atoms with Gasteiger partial charge in [0.25, 0.3) is 5.91 Å². The minimum atomic E-state index is -3.36. The number of carbonyl (C=O) groups is 2. The van der Waals surface area contributed by atoms with E-state index in [2.05, 4.69) is 0 Å². The van der Waals surface area contributed by atoms with E-state index in [1.807, 2.05) is 32.0 Å². The zero-order valence-electron chi connectivity index (χ0n) is 18.9. The van der Waals surface area contributed by atoms with Crippen molar-refractivity contribution in [2.45, 2.75) is 52.1 Å². The number of fused-ring (bicyclic) bond motifs is 1. The largest absolute Gasteiger partial charge is 0.443 e. The van der Waals surface area contributed by atoms with Crippen molar-refractivity contribution < 1.29 is 22.7 Å². The molecule has 0 radical (unpaired) electrons. The van der Waals surface area contributed by atoms with Crippen LogP contribution in [0, 0.1) is 13.8 Å². The minimum absolute atomic E-state index is 0.0316. The van der Waals surface area contributed by atoms with Gasteiger partial charge >= 0.3 is 6.09 Å². The standard InChI is InChI=1S/C24H29NO5S/c1-16-13-17(2)15-18(14-16)24(11-12-31(6,28)29)19-9-7-8-10-20(19)25(21(24)26)22(27)30-23(3,4)5/h7-10,13-15H,11-12H2,1-6H3. The molecule has 1 unspecified atom stereocenters. The molecule has 3 rings (SSSR count). The van der Waals surface area contributed by atoms with Crippen LogP contribution in [0.4, 0.5) is 10.5 Å². The molecular weight excluding hydrogens is 414 g/mol. The molecule has 2 aromatic rings. The van der Waals surface area contributed by atoms with E-state index in [1.54, 1.807) is 45.0 Å². The van der Waals surface area contributed by atoms with Gasteiger partial charge in [-0.05, 0) is 58.2 Å². The van der Waals surface area contributed by atoms with Crippen molar-refractivity contribution in [3.05, 3.63) is 64.7 Å². The molecule has 2 aromatic carbocycles. The lowest BCUT2D eigenvalue weighted by Crippen LogP contribution is -2.46. The molecule has 6 nitrogen and oxygen atoms in total. The molecule has 0 aliphatic carbocycles. The molecule has 0 N–H and O–H groups in total. The number of sulfone groups is 1. The SMILES string of the molecule is Cc1cc(C)cc(C2(CCS(C)(=O)=O)C(=O)N(C(=O)OC(C)(C)C)c3ccccc32)c1. The summed E-state index contributed by atoms with van der Waals surface area (Å²) in [5.74, 6) is -0.681. The highest BCUT2D eigenvalue weighted by atomic mass is 32.2. The molecule has 0 spiro atoms. The molecule has 1 atom stereocenters. The molecular formula is C24H29NO5S. The van der Waals surface area contributed by atoms with Crippen LogP contribution in [0.1, 0.15) is 49.4 Å². The fraction of sp³-hybridized carbons (Fsp3) is 0.417. The number of carbonyl (C=O) groups excluding carboxylic acids is 2. The first-order chi connectivity index (χ1) is 14.2. The molecule has 0 bridgehead atoms. The number of rotatable bonds is 4. The minimum Gasteiger partial charge on any atom is -0.443 e. The maximum absolute atomic E-state index is 14.0. The summed E-state index contributed by atoms with van der Waals surface area (Å²) < 4.78 is 29.7. The number of aryl methyl sites for hydroxylation is 2. The monoisotopic (exact) mass is 443 g/mol. The van der Waals surface area contributed by atoms with Gasteiger partial charge in [-0.2, -0.15) is 0 Å². The van der Waals surface area contributed by atoms with Gasteiger partial charge in [0, 0.05) is 6.26 Å². The van der Waals surface area contributed by atoms with Crippen LogP contribution in [0.3, 0.4) is 0 Å². The lowest BCUT2D eigenvalue weighted by Gasteiger charge is -2.30. The first kappa shape index (κ1) is 23.0. The van der Waals surface area contributed by atoms with Gasteiger partial charge in [-0.15, -0.1) is 0 Å². The van der Waals surface area contributed by atoms with Gasteiger partial charge in [-0.25, -0.2) is 18.1 Å². The molecule has 166 valence electrons. The molecule has 1 aliphatic rings.